The van der Waals surface area contributed by atoms with E-state index in [4.69, 9.17) is 11.6 Å². The first-order chi connectivity index (χ1) is 7.68. The van der Waals surface area contributed by atoms with Gasteiger partial charge in [0.2, 0.25) is 0 Å². The van der Waals surface area contributed by atoms with E-state index in [-0.39, 0.29) is 5.41 Å². The summed E-state index contributed by atoms with van der Waals surface area (Å²) in [5.41, 5.74) is 0.291. The lowest BCUT2D eigenvalue weighted by Gasteiger charge is -2.18. The molecule has 1 aliphatic rings. The molecule has 3 nitrogen and oxygen atoms in total. The summed E-state index contributed by atoms with van der Waals surface area (Å²) in [7, 11) is 0. The molecule has 1 aliphatic carbocycles. The second kappa shape index (κ2) is 3.84. The average Bonchev–Trinajstić information content (AvgIpc) is 2.70. The Labute approximate surface area is 108 Å². The summed E-state index contributed by atoms with van der Waals surface area (Å²) in [6.45, 7) is 10.8. The zero-order valence-electron chi connectivity index (χ0n) is 11.1. The highest BCUT2D eigenvalue weighted by molar-refractivity contribution is 6.29. The van der Waals surface area contributed by atoms with Crippen LogP contribution in [0.5, 0.6) is 0 Å². The van der Waals surface area contributed by atoms with E-state index in [0.29, 0.717) is 16.6 Å². The molecule has 1 aromatic heterocycles. The fraction of sp³-hybridized carbons (Fsp3) is 0.692. The summed E-state index contributed by atoms with van der Waals surface area (Å²) < 4.78 is 0. The molecular formula is C13H20ClN3. The molecule has 0 spiro atoms. The largest absolute Gasteiger partial charge is 0.367 e. The molecule has 0 aliphatic heterocycles. The van der Waals surface area contributed by atoms with Crippen molar-refractivity contribution in [2.45, 2.75) is 52.5 Å². The number of hydrogen-bond acceptors (Lipinski definition) is 3. The van der Waals surface area contributed by atoms with E-state index in [9.17, 15) is 0 Å². The van der Waals surface area contributed by atoms with Gasteiger partial charge in [-0.3, -0.25) is 0 Å². The Morgan fingerprint density at radius 1 is 1.35 bits per heavy atom. The number of aromatic nitrogens is 2. The predicted octanol–water partition coefficient (Wildman–Crippen LogP) is 3.64. The summed E-state index contributed by atoms with van der Waals surface area (Å²) in [5, 5.41) is 3.93. The van der Waals surface area contributed by atoms with Crippen molar-refractivity contribution < 1.29 is 0 Å². The molecule has 17 heavy (non-hydrogen) atoms. The molecule has 1 N–H and O–H groups in total. The molecule has 0 aromatic carbocycles. The van der Waals surface area contributed by atoms with Crippen molar-refractivity contribution in [3.63, 3.8) is 0 Å². The van der Waals surface area contributed by atoms with Gasteiger partial charge in [-0.25, -0.2) is 9.97 Å². The Bertz CT molecular complexity index is 435. The van der Waals surface area contributed by atoms with Crippen LogP contribution in [-0.2, 0) is 5.41 Å². The Morgan fingerprint density at radius 2 is 1.94 bits per heavy atom. The van der Waals surface area contributed by atoms with E-state index < -0.39 is 0 Å². The minimum absolute atomic E-state index is 0.0829. The summed E-state index contributed by atoms with van der Waals surface area (Å²) in [5.74, 6) is 1.62. The van der Waals surface area contributed by atoms with Crippen molar-refractivity contribution in [2.75, 3.05) is 5.32 Å². The van der Waals surface area contributed by atoms with Crippen molar-refractivity contribution in [3.8, 4) is 0 Å². The average molecular weight is 254 g/mol. The van der Waals surface area contributed by atoms with Crippen LogP contribution >= 0.6 is 11.6 Å². The smallest absolute Gasteiger partial charge is 0.137 e. The zero-order valence-corrected chi connectivity index (χ0v) is 11.9. The number of anilines is 1. The summed E-state index contributed by atoms with van der Waals surface area (Å²) >= 11 is 6.04. The fourth-order valence-electron chi connectivity index (χ4n) is 1.72. The second-order valence-corrected chi connectivity index (χ2v) is 6.93. The van der Waals surface area contributed by atoms with Gasteiger partial charge in [0.15, 0.2) is 0 Å². The van der Waals surface area contributed by atoms with Crippen LogP contribution < -0.4 is 5.32 Å². The fourth-order valence-corrected chi connectivity index (χ4v) is 1.90. The van der Waals surface area contributed by atoms with Crippen molar-refractivity contribution in [1.29, 1.82) is 0 Å². The number of halogens is 1. The predicted molar refractivity (Wildman–Crippen MR) is 71.6 cm³/mol. The third kappa shape index (κ3) is 2.89. The van der Waals surface area contributed by atoms with Crippen LogP contribution in [0.3, 0.4) is 0 Å². The van der Waals surface area contributed by atoms with Crippen LogP contribution in [0.15, 0.2) is 6.07 Å². The van der Waals surface area contributed by atoms with Gasteiger partial charge in [-0.05, 0) is 11.8 Å². The molecule has 0 amide bonds. The molecule has 1 saturated carbocycles. The molecule has 0 saturated heterocycles. The van der Waals surface area contributed by atoms with Crippen LogP contribution in [0, 0.1) is 5.41 Å². The van der Waals surface area contributed by atoms with Gasteiger partial charge in [-0.1, -0.05) is 46.2 Å². The van der Waals surface area contributed by atoms with Crippen molar-refractivity contribution in [2.24, 2.45) is 5.41 Å². The van der Waals surface area contributed by atoms with Gasteiger partial charge in [0.25, 0.3) is 0 Å². The van der Waals surface area contributed by atoms with E-state index in [1.54, 1.807) is 6.07 Å². The first-order valence-corrected chi connectivity index (χ1v) is 6.38. The van der Waals surface area contributed by atoms with E-state index in [1.165, 1.54) is 6.42 Å². The number of rotatable bonds is 2. The normalized spacial score (nSPS) is 22.4. The van der Waals surface area contributed by atoms with E-state index in [0.717, 1.165) is 11.6 Å². The summed E-state index contributed by atoms with van der Waals surface area (Å²) in [4.78, 5) is 8.83. The van der Waals surface area contributed by atoms with E-state index in [2.05, 4.69) is 49.9 Å². The van der Waals surface area contributed by atoms with Gasteiger partial charge in [-0.15, -0.1) is 0 Å². The zero-order chi connectivity index (χ0) is 12.8. The third-order valence-electron chi connectivity index (χ3n) is 3.20. The third-order valence-corrected chi connectivity index (χ3v) is 3.39. The molecule has 1 aromatic rings. The SMILES string of the molecule is CC(C)(C)c1nc(Cl)cc(NC2CC2(C)C)n1. The maximum Gasteiger partial charge on any atom is 0.137 e. The molecule has 94 valence electrons. The minimum atomic E-state index is -0.0829. The highest BCUT2D eigenvalue weighted by Crippen LogP contribution is 2.46. The topological polar surface area (TPSA) is 37.8 Å². The van der Waals surface area contributed by atoms with Crippen molar-refractivity contribution >= 4 is 17.4 Å². The number of hydrogen-bond donors (Lipinski definition) is 1. The maximum atomic E-state index is 6.04. The Kier molecular flexibility index (Phi) is 2.85. The first kappa shape index (κ1) is 12.6. The molecule has 0 radical (unpaired) electrons. The van der Waals surface area contributed by atoms with E-state index in [1.807, 2.05) is 0 Å². The maximum absolute atomic E-state index is 6.04. The molecule has 1 atom stereocenters. The number of nitrogens with one attached hydrogen (secondary N) is 1. The van der Waals surface area contributed by atoms with E-state index >= 15 is 0 Å². The van der Waals surface area contributed by atoms with Gasteiger partial charge < -0.3 is 5.32 Å². The van der Waals surface area contributed by atoms with Gasteiger partial charge in [0.05, 0.1) is 0 Å². The first-order valence-electron chi connectivity index (χ1n) is 6.00. The Morgan fingerprint density at radius 3 is 2.41 bits per heavy atom. The van der Waals surface area contributed by atoms with Crippen molar-refractivity contribution in [3.05, 3.63) is 17.0 Å². The minimum Gasteiger partial charge on any atom is -0.367 e. The lowest BCUT2D eigenvalue weighted by Crippen LogP contribution is -2.18. The standard InChI is InChI=1S/C13H20ClN3/c1-12(2,3)11-16-9(14)6-10(17-11)15-8-7-13(8,4)5/h6,8H,7H2,1-5H3,(H,15,16,17). The molecule has 0 bridgehead atoms. The quantitative estimate of drug-likeness (QED) is 0.818. The lowest BCUT2D eigenvalue weighted by atomic mass is 9.96. The van der Waals surface area contributed by atoms with Gasteiger partial charge in [0, 0.05) is 17.5 Å². The molecular weight excluding hydrogens is 234 g/mol. The van der Waals surface area contributed by atoms with Gasteiger partial charge in [-0.2, -0.15) is 0 Å². The van der Waals surface area contributed by atoms with Crippen LogP contribution in [0.25, 0.3) is 0 Å². The van der Waals surface area contributed by atoms with Gasteiger partial charge >= 0.3 is 0 Å². The highest BCUT2D eigenvalue weighted by atomic mass is 35.5. The second-order valence-electron chi connectivity index (χ2n) is 6.54. The molecule has 1 unspecified atom stereocenters. The highest BCUT2D eigenvalue weighted by Gasteiger charge is 2.45. The monoisotopic (exact) mass is 253 g/mol. The molecule has 1 heterocycles. The molecule has 1 fully saturated rings. The lowest BCUT2D eigenvalue weighted by molar-refractivity contribution is 0.545. The van der Waals surface area contributed by atoms with Gasteiger partial charge in [0.1, 0.15) is 16.8 Å². The van der Waals surface area contributed by atoms with Crippen LogP contribution in [0.1, 0.15) is 46.9 Å². The van der Waals surface area contributed by atoms with Crippen LogP contribution in [0.4, 0.5) is 5.82 Å². The molecule has 2 rings (SSSR count). The number of nitrogens with zero attached hydrogens (tertiary/aromatic N) is 2. The summed E-state index contributed by atoms with van der Waals surface area (Å²) in [6, 6.07) is 2.30. The van der Waals surface area contributed by atoms with Crippen LogP contribution in [-0.4, -0.2) is 16.0 Å². The van der Waals surface area contributed by atoms with Crippen LogP contribution in [0.2, 0.25) is 5.15 Å². The Hall–Kier alpha value is -0.830. The molecule has 4 heteroatoms. The Balaban J connectivity index is 2.21. The summed E-state index contributed by atoms with van der Waals surface area (Å²) in [6.07, 6.45) is 1.18. The van der Waals surface area contributed by atoms with Crippen molar-refractivity contribution in [1.82, 2.24) is 9.97 Å².